The third-order valence-electron chi connectivity index (χ3n) is 2.89. The Labute approximate surface area is 113 Å². The van der Waals surface area contributed by atoms with Crippen LogP contribution < -0.4 is 5.32 Å². The van der Waals surface area contributed by atoms with Crippen LogP contribution >= 0.6 is 0 Å². The fourth-order valence-corrected chi connectivity index (χ4v) is 1.99. The summed E-state index contributed by atoms with van der Waals surface area (Å²) in [5, 5.41) is 3.35. The lowest BCUT2D eigenvalue weighted by atomic mass is 10.2. The van der Waals surface area contributed by atoms with Crippen molar-refractivity contribution in [1.82, 2.24) is 15.2 Å². The number of hydrogen-bond donors (Lipinski definition) is 1. The van der Waals surface area contributed by atoms with E-state index in [2.05, 4.69) is 10.3 Å². The minimum Gasteiger partial charge on any atom is -0.447 e. The largest absolute Gasteiger partial charge is 0.447 e. The van der Waals surface area contributed by atoms with Gasteiger partial charge in [0, 0.05) is 19.1 Å². The van der Waals surface area contributed by atoms with Gasteiger partial charge in [-0.2, -0.15) is 0 Å². The Morgan fingerprint density at radius 2 is 2.42 bits per heavy atom. The molecular weight excluding hydrogens is 246 g/mol. The smallest absolute Gasteiger partial charge is 0.410 e. The predicted molar refractivity (Wildman–Crippen MR) is 69.6 cm³/mol. The van der Waals surface area contributed by atoms with Crippen LogP contribution in [0, 0.1) is 0 Å². The Morgan fingerprint density at radius 1 is 1.63 bits per heavy atom. The van der Waals surface area contributed by atoms with Gasteiger partial charge in [-0.25, -0.2) is 9.78 Å². The molecule has 1 fully saturated rings. The molecule has 0 saturated carbocycles. The van der Waals surface area contributed by atoms with Crippen molar-refractivity contribution in [3.05, 3.63) is 18.4 Å². The monoisotopic (exact) mass is 267 g/mol. The van der Waals surface area contributed by atoms with Crippen LogP contribution in [0.25, 0.3) is 0 Å². The Bertz CT molecular complexity index is 411. The van der Waals surface area contributed by atoms with E-state index in [0.29, 0.717) is 13.1 Å². The summed E-state index contributed by atoms with van der Waals surface area (Å²) in [5.41, 5.74) is -0.442. The summed E-state index contributed by atoms with van der Waals surface area (Å²) < 4.78 is 10.5. The second kappa shape index (κ2) is 5.61. The van der Waals surface area contributed by atoms with Gasteiger partial charge < -0.3 is 19.4 Å². The highest BCUT2D eigenvalue weighted by Gasteiger charge is 2.29. The minimum absolute atomic E-state index is 0.239. The first kappa shape index (κ1) is 13.9. The molecule has 6 nitrogen and oxygen atoms in total. The normalized spacial score (nSPS) is 19.7. The van der Waals surface area contributed by atoms with E-state index in [1.54, 1.807) is 11.1 Å². The number of rotatable bonds is 3. The molecule has 0 spiro atoms. The van der Waals surface area contributed by atoms with E-state index in [-0.39, 0.29) is 12.1 Å². The highest BCUT2D eigenvalue weighted by Crippen LogP contribution is 2.15. The molecule has 106 valence electrons. The average molecular weight is 267 g/mol. The number of oxazole rings is 1. The van der Waals surface area contributed by atoms with E-state index in [0.717, 1.165) is 18.7 Å². The lowest BCUT2D eigenvalue weighted by molar-refractivity contribution is 0.0291. The maximum absolute atomic E-state index is 11.9. The van der Waals surface area contributed by atoms with E-state index in [1.807, 2.05) is 20.8 Å². The Kier molecular flexibility index (Phi) is 4.09. The topological polar surface area (TPSA) is 67.6 Å². The number of aromatic nitrogens is 1. The molecule has 1 aromatic heterocycles. The van der Waals surface area contributed by atoms with Crippen molar-refractivity contribution < 1.29 is 13.9 Å². The maximum atomic E-state index is 11.9. The van der Waals surface area contributed by atoms with Crippen molar-refractivity contribution in [1.29, 1.82) is 0 Å². The van der Waals surface area contributed by atoms with Crippen molar-refractivity contribution >= 4 is 6.09 Å². The second-order valence-corrected chi connectivity index (χ2v) is 5.76. The molecule has 0 radical (unpaired) electrons. The molecule has 1 aliphatic heterocycles. The number of nitrogens with one attached hydrogen (secondary N) is 1. The summed E-state index contributed by atoms with van der Waals surface area (Å²) in [6.45, 7) is 7.65. The number of carbonyl (C=O) groups excluding carboxylic acids is 1. The van der Waals surface area contributed by atoms with E-state index in [9.17, 15) is 4.79 Å². The number of amides is 1. The maximum Gasteiger partial charge on any atom is 0.410 e. The highest BCUT2D eigenvalue weighted by atomic mass is 16.6. The van der Waals surface area contributed by atoms with Crippen LogP contribution in [0.2, 0.25) is 0 Å². The quantitative estimate of drug-likeness (QED) is 0.904. The number of carbonyl (C=O) groups is 1. The van der Waals surface area contributed by atoms with Crippen molar-refractivity contribution in [2.45, 2.75) is 45.4 Å². The number of ether oxygens (including phenoxy) is 1. The van der Waals surface area contributed by atoms with E-state index in [4.69, 9.17) is 9.15 Å². The molecule has 0 aromatic carbocycles. The zero-order valence-corrected chi connectivity index (χ0v) is 11.7. The molecule has 19 heavy (non-hydrogen) atoms. The SMILES string of the molecule is CC(C)(C)OC(=O)N1CCC(NCc2cnco2)C1. The minimum atomic E-state index is -0.442. The van der Waals surface area contributed by atoms with Gasteiger partial charge in [-0.1, -0.05) is 0 Å². The third kappa shape index (κ3) is 4.24. The molecule has 1 N–H and O–H groups in total. The molecule has 0 aliphatic carbocycles. The molecule has 1 aliphatic rings. The van der Waals surface area contributed by atoms with Crippen molar-refractivity contribution in [2.24, 2.45) is 0 Å². The molecule has 2 rings (SSSR count). The zero-order valence-electron chi connectivity index (χ0n) is 11.7. The van der Waals surface area contributed by atoms with Crippen LogP contribution in [0.5, 0.6) is 0 Å². The predicted octanol–water partition coefficient (Wildman–Crippen LogP) is 1.77. The van der Waals surface area contributed by atoms with Crippen LogP contribution in [-0.2, 0) is 11.3 Å². The zero-order chi connectivity index (χ0) is 13.9. The molecular formula is C13H21N3O3. The molecule has 1 amide bonds. The van der Waals surface area contributed by atoms with Gasteiger partial charge in [0.1, 0.15) is 11.4 Å². The van der Waals surface area contributed by atoms with Crippen LogP contribution in [0.3, 0.4) is 0 Å². The Balaban J connectivity index is 1.75. The second-order valence-electron chi connectivity index (χ2n) is 5.76. The van der Waals surface area contributed by atoms with E-state index in [1.165, 1.54) is 6.39 Å². The van der Waals surface area contributed by atoms with Gasteiger partial charge in [-0.3, -0.25) is 0 Å². The van der Waals surface area contributed by atoms with Gasteiger partial charge in [0.05, 0.1) is 12.7 Å². The van der Waals surface area contributed by atoms with Crippen molar-refractivity contribution in [3.63, 3.8) is 0 Å². The fourth-order valence-electron chi connectivity index (χ4n) is 1.99. The van der Waals surface area contributed by atoms with Crippen molar-refractivity contribution in [3.8, 4) is 0 Å². The molecule has 1 atom stereocenters. The average Bonchev–Trinajstić information content (AvgIpc) is 2.96. The molecule has 6 heteroatoms. The van der Waals surface area contributed by atoms with Gasteiger partial charge in [0.25, 0.3) is 0 Å². The van der Waals surface area contributed by atoms with E-state index < -0.39 is 5.60 Å². The number of nitrogens with zero attached hydrogens (tertiary/aromatic N) is 2. The summed E-state index contributed by atoms with van der Waals surface area (Å²) in [6.07, 6.45) is 3.79. The first-order valence-corrected chi connectivity index (χ1v) is 6.53. The summed E-state index contributed by atoms with van der Waals surface area (Å²) in [6, 6.07) is 0.276. The lowest BCUT2D eigenvalue weighted by Crippen LogP contribution is -2.38. The van der Waals surface area contributed by atoms with Gasteiger partial charge >= 0.3 is 6.09 Å². The first-order chi connectivity index (χ1) is 8.94. The summed E-state index contributed by atoms with van der Waals surface area (Å²) in [4.78, 5) is 17.5. The van der Waals surface area contributed by atoms with Crippen LogP contribution in [0.15, 0.2) is 17.0 Å². The first-order valence-electron chi connectivity index (χ1n) is 6.53. The summed E-state index contributed by atoms with van der Waals surface area (Å²) in [5.74, 6) is 0.802. The molecule has 1 unspecified atom stereocenters. The van der Waals surface area contributed by atoms with Gasteiger partial charge in [-0.15, -0.1) is 0 Å². The molecule has 1 saturated heterocycles. The Morgan fingerprint density at radius 3 is 3.05 bits per heavy atom. The third-order valence-corrected chi connectivity index (χ3v) is 2.89. The number of likely N-dealkylation sites (tertiary alicyclic amines) is 1. The summed E-state index contributed by atoms with van der Waals surface area (Å²) in [7, 11) is 0. The van der Waals surface area contributed by atoms with Gasteiger partial charge in [0.15, 0.2) is 6.39 Å². The Hall–Kier alpha value is -1.56. The fraction of sp³-hybridized carbons (Fsp3) is 0.692. The standard InChI is InChI=1S/C13H21N3O3/c1-13(2,3)19-12(17)16-5-4-10(8-16)15-7-11-6-14-9-18-11/h6,9-10,15H,4-5,7-8H2,1-3H3. The van der Waals surface area contributed by atoms with Crippen LogP contribution in [0.4, 0.5) is 4.79 Å². The molecule has 2 heterocycles. The number of hydrogen-bond acceptors (Lipinski definition) is 5. The summed E-state index contributed by atoms with van der Waals surface area (Å²) >= 11 is 0. The lowest BCUT2D eigenvalue weighted by Gasteiger charge is -2.24. The van der Waals surface area contributed by atoms with Gasteiger partial charge in [-0.05, 0) is 27.2 Å². The van der Waals surface area contributed by atoms with Crippen molar-refractivity contribution in [2.75, 3.05) is 13.1 Å². The van der Waals surface area contributed by atoms with E-state index >= 15 is 0 Å². The molecule has 0 bridgehead atoms. The highest BCUT2D eigenvalue weighted by molar-refractivity contribution is 5.68. The van der Waals surface area contributed by atoms with Crippen LogP contribution in [-0.4, -0.2) is 40.7 Å². The van der Waals surface area contributed by atoms with Gasteiger partial charge in [0.2, 0.25) is 0 Å². The molecule has 1 aromatic rings. The van der Waals surface area contributed by atoms with Crippen LogP contribution in [0.1, 0.15) is 33.0 Å².